The van der Waals surface area contributed by atoms with Crippen LogP contribution in [0.2, 0.25) is 0 Å². The first-order chi connectivity index (χ1) is 14.0. The number of hydrogen-bond acceptors (Lipinski definition) is 4. The number of anilines is 1. The van der Waals surface area contributed by atoms with E-state index in [9.17, 15) is 14.0 Å². The third kappa shape index (κ3) is 4.01. The van der Waals surface area contributed by atoms with Crippen LogP contribution >= 0.6 is 0 Å². The first-order valence-corrected chi connectivity index (χ1v) is 9.31. The average molecular weight is 393 g/mol. The van der Waals surface area contributed by atoms with E-state index >= 15 is 0 Å². The first kappa shape index (κ1) is 18.8. The van der Waals surface area contributed by atoms with Crippen LogP contribution in [-0.2, 0) is 17.8 Å². The second kappa shape index (κ2) is 7.83. The number of halogens is 1. The molecule has 2 amide bonds. The summed E-state index contributed by atoms with van der Waals surface area (Å²) in [6.45, 7) is 0.493. The number of fused-ring (bicyclic) bond motifs is 1. The summed E-state index contributed by atoms with van der Waals surface area (Å²) in [6.07, 6.45) is 2.45. The predicted molar refractivity (Wildman–Crippen MR) is 105 cm³/mol. The lowest BCUT2D eigenvalue weighted by Crippen LogP contribution is -2.47. The van der Waals surface area contributed by atoms with Crippen LogP contribution in [0.4, 0.5) is 10.1 Å². The molecule has 0 saturated carbocycles. The van der Waals surface area contributed by atoms with Gasteiger partial charge in [0.05, 0.1) is 6.54 Å². The normalized spacial score (nSPS) is 16.3. The summed E-state index contributed by atoms with van der Waals surface area (Å²) in [4.78, 5) is 30.8. The Balaban J connectivity index is 1.45. The van der Waals surface area contributed by atoms with Crippen molar-refractivity contribution in [3.05, 3.63) is 77.6 Å². The zero-order chi connectivity index (χ0) is 20.4. The zero-order valence-electron chi connectivity index (χ0n) is 15.9. The highest BCUT2D eigenvalue weighted by Crippen LogP contribution is 2.27. The lowest BCUT2D eigenvalue weighted by atomic mass is 10.1. The summed E-state index contributed by atoms with van der Waals surface area (Å²) in [5.74, 6) is -1.21. The van der Waals surface area contributed by atoms with Crippen LogP contribution in [0.15, 0.2) is 54.9 Å². The molecule has 1 atom stereocenters. The van der Waals surface area contributed by atoms with Gasteiger partial charge >= 0.3 is 0 Å². The van der Waals surface area contributed by atoms with Gasteiger partial charge in [-0.25, -0.2) is 14.1 Å². The smallest absolute Gasteiger partial charge is 0.291 e. The number of rotatable bonds is 4. The van der Waals surface area contributed by atoms with Crippen molar-refractivity contribution in [2.45, 2.75) is 25.4 Å². The first-order valence-electron chi connectivity index (χ1n) is 9.31. The molecule has 0 aliphatic carbocycles. The number of aryl methyl sites for hydroxylation is 1. The maximum Gasteiger partial charge on any atom is 0.291 e. The van der Waals surface area contributed by atoms with E-state index in [4.69, 9.17) is 0 Å². The van der Waals surface area contributed by atoms with Crippen molar-refractivity contribution in [3.63, 3.8) is 0 Å². The molecule has 0 spiro atoms. The lowest BCUT2D eigenvalue weighted by Gasteiger charge is -2.21. The monoisotopic (exact) mass is 393 g/mol. The van der Waals surface area contributed by atoms with Crippen LogP contribution < -0.4 is 10.2 Å². The van der Waals surface area contributed by atoms with Crippen LogP contribution in [0.3, 0.4) is 0 Å². The van der Waals surface area contributed by atoms with Gasteiger partial charge in [-0.2, -0.15) is 0 Å². The fourth-order valence-electron chi connectivity index (χ4n) is 3.44. The maximum atomic E-state index is 13.6. The molecule has 29 heavy (non-hydrogen) atoms. The van der Waals surface area contributed by atoms with E-state index in [0.29, 0.717) is 25.1 Å². The number of hydrogen-bond donors (Lipinski definition) is 1. The highest BCUT2D eigenvalue weighted by molar-refractivity contribution is 6.01. The number of aromatic nitrogens is 3. The van der Waals surface area contributed by atoms with E-state index in [1.807, 2.05) is 30.3 Å². The molecular formula is C21H20FN5O2. The molecule has 0 fully saturated rings. The minimum absolute atomic E-state index is 0.00388. The van der Waals surface area contributed by atoms with Gasteiger partial charge in [-0.05, 0) is 36.1 Å². The summed E-state index contributed by atoms with van der Waals surface area (Å²) < 4.78 is 15.2. The maximum absolute atomic E-state index is 13.6. The zero-order valence-corrected chi connectivity index (χ0v) is 15.9. The fourth-order valence-corrected chi connectivity index (χ4v) is 3.44. The molecule has 4 rings (SSSR count). The number of carbonyl (C=O) groups is 2. The van der Waals surface area contributed by atoms with Crippen molar-refractivity contribution < 1.29 is 14.0 Å². The Labute approximate surface area is 167 Å². The Morgan fingerprint density at radius 2 is 2.03 bits per heavy atom. The number of amides is 2. The van der Waals surface area contributed by atoms with Gasteiger partial charge in [0.1, 0.15) is 18.2 Å². The van der Waals surface area contributed by atoms with Crippen molar-refractivity contribution in [1.82, 2.24) is 20.1 Å². The third-order valence-corrected chi connectivity index (χ3v) is 4.97. The standard InChI is InChI=1S/C21H20FN5O2/c1-26-18-11-16(22)9-7-15(18)8-10-17(21(26)29)24-20(28)19-23-13-27(25-19)12-14-5-3-2-4-6-14/h2-7,9,11,13,17H,8,10,12H2,1H3,(H,24,28). The molecule has 0 saturated heterocycles. The van der Waals surface area contributed by atoms with Crippen molar-refractivity contribution >= 4 is 17.5 Å². The Bertz CT molecular complexity index is 1050. The van der Waals surface area contributed by atoms with Crippen LogP contribution in [0.1, 0.15) is 28.2 Å². The summed E-state index contributed by atoms with van der Waals surface area (Å²) in [5.41, 5.74) is 2.43. The van der Waals surface area contributed by atoms with E-state index in [1.165, 1.54) is 23.4 Å². The van der Waals surface area contributed by atoms with Crippen molar-refractivity contribution in [2.24, 2.45) is 0 Å². The molecule has 8 heteroatoms. The fraction of sp³-hybridized carbons (Fsp3) is 0.238. The molecule has 0 radical (unpaired) electrons. The average Bonchev–Trinajstić information content (AvgIpc) is 3.16. The van der Waals surface area contributed by atoms with Crippen LogP contribution in [0.25, 0.3) is 0 Å². The number of nitrogens with zero attached hydrogens (tertiary/aromatic N) is 4. The van der Waals surface area contributed by atoms with Gasteiger partial charge in [0.2, 0.25) is 11.7 Å². The SMILES string of the molecule is CN1C(=O)C(NC(=O)c2ncn(Cc3ccccc3)n2)CCc2ccc(F)cc21. The molecular weight excluding hydrogens is 373 g/mol. The predicted octanol–water partition coefficient (Wildman–Crippen LogP) is 2.17. The minimum Gasteiger partial charge on any atom is -0.337 e. The van der Waals surface area contributed by atoms with E-state index in [1.54, 1.807) is 17.8 Å². The highest BCUT2D eigenvalue weighted by Gasteiger charge is 2.30. The molecule has 0 bridgehead atoms. The number of likely N-dealkylation sites (N-methyl/N-ethyl adjacent to an activating group) is 1. The highest BCUT2D eigenvalue weighted by atomic mass is 19.1. The summed E-state index contributed by atoms with van der Waals surface area (Å²) >= 11 is 0. The van der Waals surface area contributed by atoms with E-state index in [2.05, 4.69) is 15.4 Å². The van der Waals surface area contributed by atoms with Gasteiger partial charge in [-0.15, -0.1) is 5.10 Å². The minimum atomic E-state index is -0.732. The van der Waals surface area contributed by atoms with Gasteiger partial charge < -0.3 is 10.2 Å². The molecule has 1 unspecified atom stereocenters. The van der Waals surface area contributed by atoms with Gasteiger partial charge in [0, 0.05) is 12.7 Å². The summed E-state index contributed by atoms with van der Waals surface area (Å²) in [5, 5.41) is 6.93. The molecule has 7 nitrogen and oxygen atoms in total. The Morgan fingerprint density at radius 1 is 1.24 bits per heavy atom. The topological polar surface area (TPSA) is 80.1 Å². The molecule has 2 aromatic carbocycles. The van der Waals surface area contributed by atoms with E-state index in [-0.39, 0.29) is 11.7 Å². The molecule has 2 heterocycles. The van der Waals surface area contributed by atoms with Crippen molar-refractivity contribution in [3.8, 4) is 0 Å². The number of nitrogens with one attached hydrogen (secondary N) is 1. The van der Waals surface area contributed by atoms with Crippen molar-refractivity contribution in [2.75, 3.05) is 11.9 Å². The molecule has 148 valence electrons. The van der Waals surface area contributed by atoms with E-state index in [0.717, 1.165) is 11.1 Å². The van der Waals surface area contributed by atoms with E-state index < -0.39 is 17.8 Å². The third-order valence-electron chi connectivity index (χ3n) is 4.97. The van der Waals surface area contributed by atoms with Gasteiger partial charge in [-0.3, -0.25) is 9.59 Å². The van der Waals surface area contributed by atoms with Crippen LogP contribution in [0, 0.1) is 5.82 Å². The second-order valence-corrected chi connectivity index (χ2v) is 6.99. The Morgan fingerprint density at radius 3 is 2.83 bits per heavy atom. The quantitative estimate of drug-likeness (QED) is 0.737. The lowest BCUT2D eigenvalue weighted by molar-refractivity contribution is -0.120. The summed E-state index contributed by atoms with van der Waals surface area (Å²) in [6, 6.07) is 13.4. The number of benzene rings is 2. The molecule has 1 aliphatic heterocycles. The molecule has 1 N–H and O–H groups in total. The van der Waals surface area contributed by atoms with Crippen LogP contribution in [-0.4, -0.2) is 39.7 Å². The Kier molecular flexibility index (Phi) is 5.07. The second-order valence-electron chi connectivity index (χ2n) is 6.99. The van der Waals surface area contributed by atoms with Crippen molar-refractivity contribution in [1.29, 1.82) is 0 Å². The van der Waals surface area contributed by atoms with Gasteiger partial charge in [0.25, 0.3) is 5.91 Å². The van der Waals surface area contributed by atoms with Gasteiger partial charge in [-0.1, -0.05) is 36.4 Å². The number of carbonyl (C=O) groups excluding carboxylic acids is 2. The molecule has 1 aromatic heterocycles. The Hall–Kier alpha value is -3.55. The molecule has 1 aliphatic rings. The van der Waals surface area contributed by atoms with Crippen LogP contribution in [0.5, 0.6) is 0 Å². The largest absolute Gasteiger partial charge is 0.337 e. The summed E-state index contributed by atoms with van der Waals surface area (Å²) in [7, 11) is 1.58. The van der Waals surface area contributed by atoms with Gasteiger partial charge in [0.15, 0.2) is 0 Å². The molecule has 3 aromatic rings.